The van der Waals surface area contributed by atoms with Crippen molar-refractivity contribution in [2.24, 2.45) is 5.73 Å². The predicted molar refractivity (Wildman–Crippen MR) is 144 cm³/mol. The van der Waals surface area contributed by atoms with Crippen LogP contribution in [0.25, 0.3) is 0 Å². The SMILES string of the molecule is CC1CNCCN1C(=N)c1ccc(C#C[C@]2(N)NC(=O)NC2=O)cc1F.CNC(=O)c1c(C)ccc(OC)c1F. The van der Waals surface area contributed by atoms with E-state index in [-0.39, 0.29) is 34.3 Å². The van der Waals surface area contributed by atoms with E-state index in [1.807, 2.05) is 17.1 Å². The summed E-state index contributed by atoms with van der Waals surface area (Å²) < 4.78 is 32.9. The first kappa shape index (κ1) is 30.0. The molecule has 0 radical (unpaired) electrons. The van der Waals surface area contributed by atoms with Gasteiger partial charge in [0.15, 0.2) is 11.6 Å². The molecule has 0 aromatic heterocycles. The molecule has 40 heavy (non-hydrogen) atoms. The molecule has 2 aliphatic rings. The minimum atomic E-state index is -1.84. The zero-order valence-electron chi connectivity index (χ0n) is 22.5. The summed E-state index contributed by atoms with van der Waals surface area (Å²) in [7, 11) is 2.82. The maximum absolute atomic E-state index is 14.5. The number of imide groups is 1. The number of rotatable bonds is 3. The number of methoxy groups -OCH3 is 1. The Bertz CT molecular complexity index is 1410. The van der Waals surface area contributed by atoms with Gasteiger partial charge in [-0.05, 0) is 49.6 Å². The highest BCUT2D eigenvalue weighted by Crippen LogP contribution is 2.23. The molecule has 13 heteroatoms. The number of amides is 4. The van der Waals surface area contributed by atoms with Crippen LogP contribution in [0.3, 0.4) is 0 Å². The molecule has 0 bridgehead atoms. The van der Waals surface area contributed by atoms with E-state index in [0.29, 0.717) is 12.1 Å². The summed E-state index contributed by atoms with van der Waals surface area (Å²) in [5, 5.41) is 18.1. The average Bonchev–Trinajstić information content (AvgIpc) is 3.18. The van der Waals surface area contributed by atoms with E-state index in [1.54, 1.807) is 19.1 Å². The smallest absolute Gasteiger partial charge is 0.324 e. The molecule has 0 aliphatic carbocycles. The van der Waals surface area contributed by atoms with E-state index in [9.17, 15) is 23.2 Å². The van der Waals surface area contributed by atoms with Crippen LogP contribution in [0.1, 0.15) is 34.0 Å². The number of urea groups is 1. The third kappa shape index (κ3) is 6.53. The second-order valence-electron chi connectivity index (χ2n) is 9.11. The van der Waals surface area contributed by atoms with Crippen LogP contribution in [0.4, 0.5) is 13.6 Å². The van der Waals surface area contributed by atoms with E-state index < -0.39 is 35.1 Å². The van der Waals surface area contributed by atoms with Gasteiger partial charge in [-0.25, -0.2) is 13.6 Å². The summed E-state index contributed by atoms with van der Waals surface area (Å²) in [6.45, 7) is 5.75. The van der Waals surface area contributed by atoms with E-state index in [2.05, 4.69) is 27.8 Å². The molecule has 4 rings (SSSR count). The number of halogens is 2. The zero-order valence-corrected chi connectivity index (χ0v) is 22.5. The standard InChI is InChI=1S/C17H19FN6O2.C10H12FNO2/c1-10-9-21-6-7-24(10)14(19)12-3-2-11(8-13(12)18)4-5-17(20)15(25)22-16(26)23-17;1-6-4-5-7(14-3)9(11)8(6)10(13)12-2/h2-3,8,10,19,21H,6-7,9,20H2,1H3,(H2,22,23,25,26);4-5H,1-3H3,(H,12,13)/t10?,17-;/m0./s1. The van der Waals surface area contributed by atoms with Crippen molar-refractivity contribution in [3.8, 4) is 17.6 Å². The fraction of sp³-hybridized carbons (Fsp3) is 0.333. The first-order valence-electron chi connectivity index (χ1n) is 12.3. The zero-order chi connectivity index (χ0) is 29.6. The van der Waals surface area contributed by atoms with Crippen molar-refractivity contribution in [3.05, 3.63) is 64.2 Å². The molecule has 212 valence electrons. The lowest BCUT2D eigenvalue weighted by molar-refractivity contribution is -0.122. The van der Waals surface area contributed by atoms with E-state index in [0.717, 1.165) is 13.1 Å². The van der Waals surface area contributed by atoms with Crippen molar-refractivity contribution in [3.63, 3.8) is 0 Å². The second kappa shape index (κ2) is 12.5. The molecule has 2 fully saturated rings. The summed E-state index contributed by atoms with van der Waals surface area (Å²) in [6.07, 6.45) is 0. The Hall–Kier alpha value is -4.54. The molecule has 4 amide bonds. The lowest BCUT2D eigenvalue weighted by Crippen LogP contribution is -2.54. The number of hydrogen-bond donors (Lipinski definition) is 6. The van der Waals surface area contributed by atoms with Crippen molar-refractivity contribution in [1.29, 1.82) is 5.41 Å². The van der Waals surface area contributed by atoms with Crippen molar-refractivity contribution in [1.82, 2.24) is 26.2 Å². The van der Waals surface area contributed by atoms with Crippen LogP contribution in [0.2, 0.25) is 0 Å². The first-order chi connectivity index (χ1) is 18.9. The molecule has 11 nitrogen and oxygen atoms in total. The number of aryl methyl sites for hydroxylation is 1. The quantitative estimate of drug-likeness (QED) is 0.141. The van der Waals surface area contributed by atoms with Crippen molar-refractivity contribution < 1.29 is 27.9 Å². The van der Waals surface area contributed by atoms with Gasteiger partial charge in [-0.15, -0.1) is 0 Å². The van der Waals surface area contributed by atoms with Crippen molar-refractivity contribution in [2.45, 2.75) is 25.6 Å². The van der Waals surface area contributed by atoms with Gasteiger partial charge in [0.25, 0.3) is 11.8 Å². The summed E-state index contributed by atoms with van der Waals surface area (Å²) >= 11 is 0. The monoisotopic (exact) mass is 555 g/mol. The van der Waals surface area contributed by atoms with Gasteiger partial charge >= 0.3 is 6.03 Å². The average molecular weight is 556 g/mol. The summed E-state index contributed by atoms with van der Waals surface area (Å²) in [5.74, 6) is 2.82. The second-order valence-corrected chi connectivity index (χ2v) is 9.11. The highest BCUT2D eigenvalue weighted by Gasteiger charge is 2.41. The number of carbonyl (C=O) groups excluding carboxylic acids is 3. The van der Waals surface area contributed by atoms with Crippen LogP contribution in [-0.2, 0) is 4.79 Å². The normalized spacial score (nSPS) is 19.8. The third-order valence-corrected chi connectivity index (χ3v) is 6.30. The van der Waals surface area contributed by atoms with Crippen LogP contribution in [0.15, 0.2) is 30.3 Å². The molecular formula is C27H31F2N7O4. The van der Waals surface area contributed by atoms with Gasteiger partial charge < -0.3 is 25.6 Å². The molecule has 2 aromatic rings. The maximum Gasteiger partial charge on any atom is 0.324 e. The van der Waals surface area contributed by atoms with E-state index >= 15 is 0 Å². The van der Waals surface area contributed by atoms with Crippen LogP contribution in [0.5, 0.6) is 5.75 Å². The summed E-state index contributed by atoms with van der Waals surface area (Å²) in [5.41, 5.74) is 4.96. The lowest BCUT2D eigenvalue weighted by Gasteiger charge is -2.36. The molecular weight excluding hydrogens is 524 g/mol. The molecule has 0 saturated carbocycles. The highest BCUT2D eigenvalue weighted by molar-refractivity contribution is 6.08. The van der Waals surface area contributed by atoms with Crippen LogP contribution >= 0.6 is 0 Å². The predicted octanol–water partition coefficient (Wildman–Crippen LogP) is 0.793. The van der Waals surface area contributed by atoms with Crippen molar-refractivity contribution in [2.75, 3.05) is 33.8 Å². The number of nitrogens with zero attached hydrogens (tertiary/aromatic N) is 1. The van der Waals surface area contributed by atoms with Crippen LogP contribution in [0, 0.1) is 35.8 Å². The minimum Gasteiger partial charge on any atom is -0.494 e. The number of nitrogens with two attached hydrogens (primary N) is 1. The molecule has 2 saturated heterocycles. The Morgan fingerprint density at radius 2 is 2.00 bits per heavy atom. The lowest BCUT2D eigenvalue weighted by atomic mass is 10.1. The van der Waals surface area contributed by atoms with Gasteiger partial charge in [0.1, 0.15) is 11.7 Å². The number of carbonyl (C=O) groups is 3. The van der Waals surface area contributed by atoms with E-state index in [4.69, 9.17) is 15.9 Å². The molecule has 1 unspecified atom stereocenters. The molecule has 0 spiro atoms. The largest absolute Gasteiger partial charge is 0.494 e. The van der Waals surface area contributed by atoms with Gasteiger partial charge in [-0.2, -0.15) is 0 Å². The maximum atomic E-state index is 14.5. The number of piperazine rings is 1. The molecule has 2 heterocycles. The van der Waals surface area contributed by atoms with Gasteiger partial charge in [0.05, 0.1) is 18.2 Å². The van der Waals surface area contributed by atoms with Crippen molar-refractivity contribution >= 4 is 23.7 Å². The van der Waals surface area contributed by atoms with Gasteiger partial charge in [-0.3, -0.25) is 26.0 Å². The molecule has 2 aromatic carbocycles. The van der Waals surface area contributed by atoms with Gasteiger partial charge in [0.2, 0.25) is 5.66 Å². The third-order valence-electron chi connectivity index (χ3n) is 6.30. The topological polar surface area (TPSA) is 162 Å². The Balaban J connectivity index is 0.000000267. The van der Waals surface area contributed by atoms with Gasteiger partial charge in [-0.1, -0.05) is 12.0 Å². The Morgan fingerprint density at radius 3 is 2.58 bits per heavy atom. The fourth-order valence-corrected chi connectivity index (χ4v) is 4.06. The van der Waals surface area contributed by atoms with Crippen LogP contribution < -0.4 is 31.7 Å². The number of nitrogens with one attached hydrogen (secondary N) is 5. The molecule has 7 N–H and O–H groups in total. The first-order valence-corrected chi connectivity index (χ1v) is 12.3. The number of benzene rings is 2. The molecule has 2 atom stereocenters. The summed E-state index contributed by atoms with van der Waals surface area (Å²) in [6, 6.07) is 6.71. The Morgan fingerprint density at radius 1 is 1.27 bits per heavy atom. The Labute approximate surface area is 230 Å². The van der Waals surface area contributed by atoms with Crippen LogP contribution in [-0.4, -0.2) is 74.1 Å². The molecule has 2 aliphatic heterocycles. The Kier molecular flexibility index (Phi) is 9.41. The highest BCUT2D eigenvalue weighted by atomic mass is 19.1. The number of hydrogen-bond acceptors (Lipinski definition) is 7. The fourth-order valence-electron chi connectivity index (χ4n) is 4.06. The number of amidine groups is 1. The van der Waals surface area contributed by atoms with Gasteiger partial charge in [0, 0.05) is 38.3 Å². The summed E-state index contributed by atoms with van der Waals surface area (Å²) in [4.78, 5) is 35.9. The number of ether oxygens (including phenoxy) is 1. The minimum absolute atomic E-state index is 0.0341. The van der Waals surface area contributed by atoms with E-state index in [1.165, 1.54) is 32.4 Å².